The summed E-state index contributed by atoms with van der Waals surface area (Å²) < 4.78 is 5.71. The molecule has 33 heavy (non-hydrogen) atoms. The Kier molecular flexibility index (Phi) is 6.61. The van der Waals surface area contributed by atoms with Crippen LogP contribution in [0, 0.1) is 17.8 Å². The Morgan fingerprint density at radius 2 is 2.09 bits per heavy atom. The number of hydrogen-bond acceptors (Lipinski definition) is 4. The van der Waals surface area contributed by atoms with Crippen LogP contribution in [0.3, 0.4) is 0 Å². The zero-order valence-electron chi connectivity index (χ0n) is 19.2. The number of carbonyl (C=O) groups excluding carboxylic acids is 2. The minimum atomic E-state index is -0.660. The molecule has 0 spiro atoms. The van der Waals surface area contributed by atoms with E-state index in [1.54, 1.807) is 0 Å². The molecule has 1 aliphatic heterocycles. The van der Waals surface area contributed by atoms with Crippen molar-refractivity contribution in [2.75, 3.05) is 13.7 Å². The average Bonchev–Trinajstić information content (AvgIpc) is 3.43. The molecule has 0 saturated carbocycles. The van der Waals surface area contributed by atoms with Gasteiger partial charge in [0.1, 0.15) is 11.9 Å². The number of ether oxygens (including phenoxy) is 1. The van der Waals surface area contributed by atoms with Gasteiger partial charge in [0, 0.05) is 27.4 Å². The zero-order valence-corrected chi connectivity index (χ0v) is 20.7. The standard InChI is InChI=1S/C25H27BrN4O3/c1-5-7-15-12-19-22(17-10-9-16(26)13-18(15)17)28-23(27-19)20-8-6-11-30(20)24(31)21(14(2)3)29-25(32)33-4/h9-10,12-14,20-21H,6,8,11H2,1-4H3,(H,27,28)(H,29,32)/t20-,21-/m0/s1. The normalized spacial score (nSPS) is 16.7. The number of fused-ring (bicyclic) bond motifs is 3. The van der Waals surface area contributed by atoms with Crippen LogP contribution in [0.1, 0.15) is 51.0 Å². The Morgan fingerprint density at radius 1 is 1.30 bits per heavy atom. The van der Waals surface area contributed by atoms with Crippen LogP contribution in [0.5, 0.6) is 0 Å². The minimum Gasteiger partial charge on any atom is -0.453 e. The number of imidazole rings is 1. The number of aromatic nitrogens is 2. The molecule has 2 heterocycles. The summed E-state index contributed by atoms with van der Waals surface area (Å²) in [4.78, 5) is 35.4. The molecule has 2 N–H and O–H groups in total. The number of aromatic amines is 1. The summed E-state index contributed by atoms with van der Waals surface area (Å²) in [7, 11) is 1.30. The number of amides is 2. The molecule has 2 amide bonds. The molecule has 1 fully saturated rings. The molecular formula is C25H27BrN4O3. The molecule has 4 rings (SSSR count). The number of halogens is 1. The second kappa shape index (κ2) is 9.44. The summed E-state index contributed by atoms with van der Waals surface area (Å²) in [6.45, 7) is 6.25. The quantitative estimate of drug-likeness (QED) is 0.489. The van der Waals surface area contributed by atoms with E-state index >= 15 is 0 Å². The molecule has 0 aliphatic carbocycles. The van der Waals surface area contributed by atoms with Crippen molar-refractivity contribution in [2.24, 2.45) is 5.92 Å². The fourth-order valence-electron chi connectivity index (χ4n) is 4.48. The maximum atomic E-state index is 13.4. The number of nitrogens with zero attached hydrogens (tertiary/aromatic N) is 2. The van der Waals surface area contributed by atoms with E-state index in [2.05, 4.69) is 50.2 Å². The van der Waals surface area contributed by atoms with E-state index in [0.29, 0.717) is 6.54 Å². The first kappa shape index (κ1) is 23.1. The van der Waals surface area contributed by atoms with Gasteiger partial charge in [-0.05, 0) is 43.9 Å². The second-order valence-electron chi connectivity index (χ2n) is 8.55. The van der Waals surface area contributed by atoms with Gasteiger partial charge in [-0.1, -0.05) is 41.8 Å². The predicted octanol–water partition coefficient (Wildman–Crippen LogP) is 4.89. The number of hydrogen-bond donors (Lipinski definition) is 2. The van der Waals surface area contributed by atoms with Crippen LogP contribution in [0.15, 0.2) is 28.7 Å². The number of carbonyl (C=O) groups is 2. The number of rotatable bonds is 4. The van der Waals surface area contributed by atoms with Gasteiger partial charge in [-0.2, -0.15) is 0 Å². The highest BCUT2D eigenvalue weighted by atomic mass is 79.9. The molecular weight excluding hydrogens is 484 g/mol. The lowest BCUT2D eigenvalue weighted by atomic mass is 10.0. The van der Waals surface area contributed by atoms with Crippen molar-refractivity contribution < 1.29 is 14.3 Å². The highest BCUT2D eigenvalue weighted by molar-refractivity contribution is 9.10. The topological polar surface area (TPSA) is 87.3 Å². The number of methoxy groups -OCH3 is 1. The fourth-order valence-corrected chi connectivity index (χ4v) is 4.84. The van der Waals surface area contributed by atoms with E-state index in [4.69, 9.17) is 9.72 Å². The average molecular weight is 511 g/mol. The van der Waals surface area contributed by atoms with Gasteiger partial charge in [0.05, 0.1) is 24.2 Å². The maximum absolute atomic E-state index is 13.4. The number of alkyl carbamates (subject to hydrolysis) is 1. The number of likely N-dealkylation sites (tertiary alicyclic amines) is 1. The largest absolute Gasteiger partial charge is 0.453 e. The maximum Gasteiger partial charge on any atom is 0.407 e. The summed E-state index contributed by atoms with van der Waals surface area (Å²) in [5.41, 5.74) is 2.67. The van der Waals surface area contributed by atoms with E-state index in [-0.39, 0.29) is 17.9 Å². The van der Waals surface area contributed by atoms with Gasteiger partial charge in [0.25, 0.3) is 0 Å². The van der Waals surface area contributed by atoms with Gasteiger partial charge < -0.3 is 19.9 Å². The van der Waals surface area contributed by atoms with Crippen molar-refractivity contribution in [3.63, 3.8) is 0 Å². The van der Waals surface area contributed by atoms with E-state index in [1.165, 1.54) is 7.11 Å². The van der Waals surface area contributed by atoms with Crippen LogP contribution in [0.25, 0.3) is 21.8 Å². The fraction of sp³-hybridized carbons (Fsp3) is 0.400. The lowest BCUT2D eigenvalue weighted by molar-refractivity contribution is -0.135. The number of nitrogens with one attached hydrogen (secondary N) is 2. The van der Waals surface area contributed by atoms with Crippen LogP contribution in [0.2, 0.25) is 0 Å². The predicted molar refractivity (Wildman–Crippen MR) is 132 cm³/mol. The van der Waals surface area contributed by atoms with E-state index in [0.717, 1.165) is 50.5 Å². The molecule has 1 saturated heterocycles. The van der Waals surface area contributed by atoms with E-state index in [1.807, 2.05) is 37.8 Å². The molecule has 0 unspecified atom stereocenters. The minimum absolute atomic E-state index is 0.0777. The lowest BCUT2D eigenvalue weighted by Gasteiger charge is -2.29. The van der Waals surface area contributed by atoms with Crippen molar-refractivity contribution in [3.8, 4) is 11.8 Å². The van der Waals surface area contributed by atoms with Crippen LogP contribution in [-0.4, -0.2) is 46.6 Å². The number of benzene rings is 2. The molecule has 172 valence electrons. The van der Waals surface area contributed by atoms with Crippen LogP contribution >= 0.6 is 15.9 Å². The van der Waals surface area contributed by atoms with Crippen molar-refractivity contribution in [2.45, 2.75) is 45.7 Å². The van der Waals surface area contributed by atoms with Crippen molar-refractivity contribution in [3.05, 3.63) is 40.1 Å². The molecule has 0 bridgehead atoms. The molecule has 1 aliphatic rings. The smallest absolute Gasteiger partial charge is 0.407 e. The Hall–Kier alpha value is -3.05. The molecule has 7 nitrogen and oxygen atoms in total. The lowest BCUT2D eigenvalue weighted by Crippen LogP contribution is -2.51. The van der Waals surface area contributed by atoms with Crippen LogP contribution in [0.4, 0.5) is 4.79 Å². The van der Waals surface area contributed by atoms with Gasteiger partial charge in [-0.25, -0.2) is 9.78 Å². The highest BCUT2D eigenvalue weighted by Gasteiger charge is 2.37. The van der Waals surface area contributed by atoms with E-state index < -0.39 is 12.1 Å². The molecule has 0 radical (unpaired) electrons. The Bertz CT molecular complexity index is 1290. The molecule has 2 atom stereocenters. The first-order valence-corrected chi connectivity index (χ1v) is 11.8. The Labute approximate surface area is 201 Å². The van der Waals surface area contributed by atoms with Gasteiger partial charge in [-0.3, -0.25) is 4.79 Å². The summed E-state index contributed by atoms with van der Waals surface area (Å²) in [5.74, 6) is 6.73. The third kappa shape index (κ3) is 4.42. The summed E-state index contributed by atoms with van der Waals surface area (Å²) in [6.07, 6.45) is 1.07. The Morgan fingerprint density at radius 3 is 2.79 bits per heavy atom. The SMILES string of the molecule is CC#Cc1cc2nc([C@@H]3CCCN3C(=O)[C@@H](NC(=O)OC)C(C)C)[nH]c2c2ccc(Br)cc12. The third-order valence-corrected chi connectivity index (χ3v) is 6.57. The van der Waals surface area contributed by atoms with Gasteiger partial charge in [-0.15, -0.1) is 5.92 Å². The first-order chi connectivity index (χ1) is 15.8. The monoisotopic (exact) mass is 510 g/mol. The van der Waals surface area contributed by atoms with Crippen molar-refractivity contribution in [1.29, 1.82) is 0 Å². The number of H-pyrrole nitrogens is 1. The van der Waals surface area contributed by atoms with Crippen LogP contribution < -0.4 is 5.32 Å². The zero-order chi connectivity index (χ0) is 23.7. The van der Waals surface area contributed by atoms with Gasteiger partial charge in [0.2, 0.25) is 5.91 Å². The van der Waals surface area contributed by atoms with Gasteiger partial charge in [0.15, 0.2) is 0 Å². The third-order valence-electron chi connectivity index (χ3n) is 6.07. The first-order valence-electron chi connectivity index (χ1n) is 11.0. The molecule has 2 aromatic carbocycles. The van der Waals surface area contributed by atoms with Crippen LogP contribution in [-0.2, 0) is 9.53 Å². The summed E-state index contributed by atoms with van der Waals surface area (Å²) >= 11 is 3.55. The second-order valence-corrected chi connectivity index (χ2v) is 9.47. The summed E-state index contributed by atoms with van der Waals surface area (Å²) in [5, 5.41) is 4.77. The Balaban J connectivity index is 1.74. The van der Waals surface area contributed by atoms with Gasteiger partial charge >= 0.3 is 6.09 Å². The van der Waals surface area contributed by atoms with Crippen molar-refractivity contribution >= 4 is 49.7 Å². The van der Waals surface area contributed by atoms with E-state index in [9.17, 15) is 9.59 Å². The molecule has 8 heteroatoms. The highest BCUT2D eigenvalue weighted by Crippen LogP contribution is 2.35. The van der Waals surface area contributed by atoms with Crippen molar-refractivity contribution in [1.82, 2.24) is 20.2 Å². The molecule has 3 aromatic rings. The molecule has 1 aromatic heterocycles. The summed E-state index contributed by atoms with van der Waals surface area (Å²) in [6, 6.07) is 7.27.